The van der Waals surface area contributed by atoms with Gasteiger partial charge in [-0.15, -0.1) is 0 Å². The lowest BCUT2D eigenvalue weighted by Gasteiger charge is -2.20. The number of carbonyl (C=O) groups excluding carboxylic acids is 2. The lowest BCUT2D eigenvalue weighted by atomic mass is 10.2. The second-order valence-electron chi connectivity index (χ2n) is 8.72. The summed E-state index contributed by atoms with van der Waals surface area (Å²) in [5.41, 5.74) is 0.303. The number of halogens is 1. The van der Waals surface area contributed by atoms with Gasteiger partial charge < -0.3 is 15.4 Å². The number of alkyl carbamates (subject to hydrolysis) is 1. The van der Waals surface area contributed by atoms with Crippen LogP contribution in [0.2, 0.25) is 0 Å². The smallest absolute Gasteiger partial charge is 0.407 e. The molecule has 0 aliphatic rings. The highest BCUT2D eigenvalue weighted by atomic mass is 32.2. The van der Waals surface area contributed by atoms with Crippen LogP contribution in [0.4, 0.5) is 14.9 Å². The molecule has 0 aromatic heterocycles. The van der Waals surface area contributed by atoms with Crippen molar-refractivity contribution in [2.45, 2.75) is 45.1 Å². The normalized spacial score (nSPS) is 12.7. The maximum absolute atomic E-state index is 13.4. The van der Waals surface area contributed by atoms with Gasteiger partial charge in [-0.05, 0) is 75.6 Å². The fourth-order valence-electron chi connectivity index (χ4n) is 2.86. The SMILES string of the molecule is Cc1cc(NC(=O)c2cccc(S(=O)(=O)C[C@@H](C)CNC(=O)OC(C)(C)C)c2)ccc1F. The number of ether oxygens (including phenoxy) is 1. The van der Waals surface area contributed by atoms with Gasteiger partial charge in [0.05, 0.1) is 10.6 Å². The van der Waals surface area contributed by atoms with Gasteiger partial charge in [0.1, 0.15) is 11.4 Å². The van der Waals surface area contributed by atoms with Crippen molar-refractivity contribution < 1.29 is 27.1 Å². The number of rotatable bonds is 7. The van der Waals surface area contributed by atoms with E-state index in [0.29, 0.717) is 11.3 Å². The minimum absolute atomic E-state index is 0.00422. The van der Waals surface area contributed by atoms with Crippen molar-refractivity contribution in [1.29, 1.82) is 0 Å². The summed E-state index contributed by atoms with van der Waals surface area (Å²) < 4.78 is 44.2. The van der Waals surface area contributed by atoms with Crippen LogP contribution in [0.5, 0.6) is 0 Å². The molecule has 2 aromatic carbocycles. The molecular formula is C23H29FN2O5S. The molecule has 0 aliphatic heterocycles. The fraction of sp³-hybridized carbons (Fsp3) is 0.391. The molecule has 2 N–H and O–H groups in total. The molecule has 0 aliphatic carbocycles. The largest absolute Gasteiger partial charge is 0.444 e. The Labute approximate surface area is 188 Å². The molecule has 0 spiro atoms. The quantitative estimate of drug-likeness (QED) is 0.635. The summed E-state index contributed by atoms with van der Waals surface area (Å²) in [6.45, 7) is 8.61. The minimum atomic E-state index is -3.71. The van der Waals surface area contributed by atoms with E-state index < -0.39 is 27.4 Å². The molecule has 2 amide bonds. The third-order valence-corrected chi connectivity index (χ3v) is 6.35. The average molecular weight is 465 g/mol. The van der Waals surface area contributed by atoms with Gasteiger partial charge >= 0.3 is 6.09 Å². The van der Waals surface area contributed by atoms with Crippen LogP contribution in [-0.4, -0.2) is 38.3 Å². The molecule has 0 fully saturated rings. The number of benzene rings is 2. The number of aryl methyl sites for hydroxylation is 1. The number of carbonyl (C=O) groups is 2. The first-order valence-corrected chi connectivity index (χ1v) is 11.8. The second-order valence-corrected chi connectivity index (χ2v) is 10.7. The van der Waals surface area contributed by atoms with Crippen LogP contribution in [0.25, 0.3) is 0 Å². The lowest BCUT2D eigenvalue weighted by Crippen LogP contribution is -2.36. The molecule has 0 saturated carbocycles. The van der Waals surface area contributed by atoms with Crippen molar-refractivity contribution in [2.24, 2.45) is 5.92 Å². The molecule has 174 valence electrons. The molecule has 2 rings (SSSR count). The Morgan fingerprint density at radius 1 is 1.12 bits per heavy atom. The predicted molar refractivity (Wildman–Crippen MR) is 121 cm³/mol. The molecule has 2 aromatic rings. The van der Waals surface area contributed by atoms with Gasteiger partial charge in [0.15, 0.2) is 9.84 Å². The molecule has 0 saturated heterocycles. The van der Waals surface area contributed by atoms with Crippen molar-refractivity contribution in [2.75, 3.05) is 17.6 Å². The molecule has 9 heteroatoms. The zero-order valence-electron chi connectivity index (χ0n) is 18.9. The van der Waals surface area contributed by atoms with Crippen LogP contribution in [0.3, 0.4) is 0 Å². The van der Waals surface area contributed by atoms with Gasteiger partial charge in [0.25, 0.3) is 5.91 Å². The summed E-state index contributed by atoms with van der Waals surface area (Å²) in [4.78, 5) is 24.3. The Morgan fingerprint density at radius 3 is 2.44 bits per heavy atom. The monoisotopic (exact) mass is 464 g/mol. The number of hydrogen-bond donors (Lipinski definition) is 2. The van der Waals surface area contributed by atoms with E-state index in [4.69, 9.17) is 4.74 Å². The highest BCUT2D eigenvalue weighted by molar-refractivity contribution is 7.91. The summed E-state index contributed by atoms with van der Waals surface area (Å²) in [5, 5.41) is 5.20. The van der Waals surface area contributed by atoms with E-state index in [2.05, 4.69) is 10.6 Å². The zero-order chi connectivity index (χ0) is 24.1. The Hall–Kier alpha value is -2.94. The van der Waals surface area contributed by atoms with Crippen molar-refractivity contribution >= 4 is 27.5 Å². The summed E-state index contributed by atoms with van der Waals surface area (Å²) in [6, 6.07) is 9.88. The summed E-state index contributed by atoms with van der Waals surface area (Å²) in [6.07, 6.45) is -0.614. The van der Waals surface area contributed by atoms with Crippen LogP contribution in [0, 0.1) is 18.7 Å². The van der Waals surface area contributed by atoms with E-state index in [0.717, 1.165) is 0 Å². The highest BCUT2D eigenvalue weighted by Gasteiger charge is 2.22. The van der Waals surface area contributed by atoms with Gasteiger partial charge in [-0.3, -0.25) is 4.79 Å². The van der Waals surface area contributed by atoms with Gasteiger partial charge in [0.2, 0.25) is 0 Å². The average Bonchev–Trinajstić information content (AvgIpc) is 2.68. The van der Waals surface area contributed by atoms with Crippen LogP contribution in [-0.2, 0) is 14.6 Å². The van der Waals surface area contributed by atoms with Crippen molar-refractivity contribution in [3.05, 3.63) is 59.4 Å². The summed E-state index contributed by atoms with van der Waals surface area (Å²) in [7, 11) is -3.71. The fourth-order valence-corrected chi connectivity index (χ4v) is 4.51. The first-order chi connectivity index (χ1) is 14.8. The Kier molecular flexibility index (Phi) is 8.01. The number of anilines is 1. The van der Waals surface area contributed by atoms with Crippen LogP contribution >= 0.6 is 0 Å². The Morgan fingerprint density at radius 2 is 1.81 bits per heavy atom. The van der Waals surface area contributed by atoms with Gasteiger partial charge in [-0.1, -0.05) is 13.0 Å². The van der Waals surface area contributed by atoms with E-state index in [-0.39, 0.29) is 34.5 Å². The number of nitrogens with one attached hydrogen (secondary N) is 2. The molecule has 1 atom stereocenters. The number of amides is 2. The molecule has 7 nitrogen and oxygen atoms in total. The second kappa shape index (κ2) is 10.1. The highest BCUT2D eigenvalue weighted by Crippen LogP contribution is 2.19. The van der Waals surface area contributed by atoms with E-state index in [9.17, 15) is 22.4 Å². The topological polar surface area (TPSA) is 102 Å². The maximum Gasteiger partial charge on any atom is 0.407 e. The van der Waals surface area contributed by atoms with Crippen LogP contribution in [0.1, 0.15) is 43.6 Å². The Bertz CT molecular complexity index is 1090. The predicted octanol–water partition coefficient (Wildman–Crippen LogP) is 4.32. The van der Waals surface area contributed by atoms with E-state index in [1.807, 2.05) is 0 Å². The molecule has 32 heavy (non-hydrogen) atoms. The molecular weight excluding hydrogens is 435 g/mol. The summed E-state index contributed by atoms with van der Waals surface area (Å²) >= 11 is 0. The Balaban J connectivity index is 2.04. The standard InChI is InChI=1S/C23H29FN2O5S/c1-15(13-25-22(28)31-23(3,4)5)14-32(29,30)19-8-6-7-17(12-19)21(27)26-18-9-10-20(24)16(2)11-18/h6-12,15H,13-14H2,1-5H3,(H,25,28)(H,26,27)/t15-/m0/s1. The van der Waals surface area contributed by atoms with Gasteiger partial charge in [-0.25, -0.2) is 17.6 Å². The van der Waals surface area contributed by atoms with Gasteiger partial charge in [0, 0.05) is 17.8 Å². The van der Waals surface area contributed by atoms with Crippen molar-refractivity contribution in [1.82, 2.24) is 5.32 Å². The third-order valence-electron chi connectivity index (χ3n) is 4.37. The maximum atomic E-state index is 13.4. The van der Waals surface area contributed by atoms with Crippen molar-refractivity contribution in [3.8, 4) is 0 Å². The number of sulfone groups is 1. The molecule has 0 unspecified atom stereocenters. The first kappa shape index (κ1) is 25.3. The lowest BCUT2D eigenvalue weighted by molar-refractivity contribution is 0.0521. The van der Waals surface area contributed by atoms with Crippen LogP contribution < -0.4 is 10.6 Å². The van der Waals surface area contributed by atoms with E-state index >= 15 is 0 Å². The van der Waals surface area contributed by atoms with Crippen LogP contribution in [0.15, 0.2) is 47.4 Å². The molecule has 0 radical (unpaired) electrons. The molecule has 0 heterocycles. The first-order valence-electron chi connectivity index (χ1n) is 10.1. The zero-order valence-corrected chi connectivity index (χ0v) is 19.7. The molecule has 0 bridgehead atoms. The third kappa shape index (κ3) is 7.64. The van der Waals surface area contributed by atoms with E-state index in [1.165, 1.54) is 42.5 Å². The summed E-state index contributed by atoms with van der Waals surface area (Å²) in [5.74, 6) is -1.49. The van der Waals surface area contributed by atoms with Gasteiger partial charge in [-0.2, -0.15) is 0 Å². The minimum Gasteiger partial charge on any atom is -0.444 e. The van der Waals surface area contributed by atoms with Crippen molar-refractivity contribution in [3.63, 3.8) is 0 Å². The number of hydrogen-bond acceptors (Lipinski definition) is 5. The van der Waals surface area contributed by atoms with E-state index in [1.54, 1.807) is 34.6 Å².